The van der Waals surface area contributed by atoms with Crippen molar-refractivity contribution in [1.82, 2.24) is 20.3 Å². The quantitative estimate of drug-likeness (QED) is 0.588. The molecule has 31 heavy (non-hydrogen) atoms. The molecule has 0 radical (unpaired) electrons. The Morgan fingerprint density at radius 1 is 0.935 bits per heavy atom. The maximum atomic E-state index is 10.1. The first-order valence-corrected chi connectivity index (χ1v) is 10.7. The van der Waals surface area contributed by atoms with Crippen molar-refractivity contribution in [2.24, 2.45) is 0 Å². The van der Waals surface area contributed by atoms with Gasteiger partial charge in [-0.15, -0.1) is 0 Å². The van der Waals surface area contributed by atoms with Crippen molar-refractivity contribution in [3.8, 4) is 17.1 Å². The van der Waals surface area contributed by atoms with Gasteiger partial charge in [0, 0.05) is 38.3 Å². The van der Waals surface area contributed by atoms with E-state index < -0.39 is 0 Å². The zero-order chi connectivity index (χ0) is 21.2. The highest BCUT2D eigenvalue weighted by Gasteiger charge is 2.29. The number of anilines is 2. The zero-order valence-electron chi connectivity index (χ0n) is 17.3. The summed E-state index contributed by atoms with van der Waals surface area (Å²) >= 11 is 0. The van der Waals surface area contributed by atoms with Gasteiger partial charge in [0.2, 0.25) is 11.9 Å². The van der Waals surface area contributed by atoms with E-state index in [0.29, 0.717) is 24.3 Å². The van der Waals surface area contributed by atoms with E-state index in [1.165, 1.54) is 11.1 Å². The second kappa shape index (κ2) is 8.49. The molecule has 1 aromatic heterocycles. The summed E-state index contributed by atoms with van der Waals surface area (Å²) in [4.78, 5) is 18.6. The van der Waals surface area contributed by atoms with E-state index in [1.807, 2.05) is 18.2 Å². The van der Waals surface area contributed by atoms with E-state index >= 15 is 0 Å². The molecule has 1 saturated heterocycles. The molecule has 8 nitrogen and oxygen atoms in total. The topological polar surface area (TPSA) is 97.6 Å². The fourth-order valence-electron chi connectivity index (χ4n) is 4.25. The van der Waals surface area contributed by atoms with Crippen LogP contribution in [0.3, 0.4) is 0 Å². The number of benzene rings is 2. The van der Waals surface area contributed by atoms with Gasteiger partial charge in [0.05, 0.1) is 12.6 Å². The number of hydrogen-bond donors (Lipinski definition) is 3. The second-order valence-electron chi connectivity index (χ2n) is 7.98. The smallest absolute Gasteiger partial charge is 0.231 e. The summed E-state index contributed by atoms with van der Waals surface area (Å²) in [6.45, 7) is 4.03. The molecule has 1 atom stereocenters. The third-order valence-electron chi connectivity index (χ3n) is 5.94. The van der Waals surface area contributed by atoms with Crippen LogP contribution in [-0.2, 0) is 13.0 Å². The summed E-state index contributed by atoms with van der Waals surface area (Å²) in [5.74, 6) is 1.86. The molecule has 0 unspecified atom stereocenters. The first kappa shape index (κ1) is 19.7. The number of fused-ring (bicyclic) bond motifs is 1. The van der Waals surface area contributed by atoms with Gasteiger partial charge in [0.25, 0.3) is 0 Å². The molecule has 0 amide bonds. The number of nitrogens with one attached hydrogen (secondary N) is 1. The van der Waals surface area contributed by atoms with Crippen molar-refractivity contribution in [2.75, 3.05) is 42.6 Å². The number of piperazine rings is 1. The van der Waals surface area contributed by atoms with Crippen LogP contribution in [0.4, 0.5) is 11.9 Å². The molecule has 3 N–H and O–H groups in total. The van der Waals surface area contributed by atoms with Crippen LogP contribution in [0.15, 0.2) is 48.5 Å². The minimum Gasteiger partial charge on any atom is -0.508 e. The number of rotatable bonds is 4. The molecule has 2 aliphatic rings. The Morgan fingerprint density at radius 3 is 2.48 bits per heavy atom. The number of phenolic OH excluding ortho intramolecular Hbond substituents is 1. The lowest BCUT2D eigenvalue weighted by molar-refractivity contribution is 0.252. The largest absolute Gasteiger partial charge is 0.508 e. The highest BCUT2D eigenvalue weighted by atomic mass is 16.3. The van der Waals surface area contributed by atoms with Gasteiger partial charge in [-0.25, -0.2) is 0 Å². The third kappa shape index (κ3) is 4.04. The maximum absolute atomic E-state index is 10.1. The molecular weight excluding hydrogens is 392 g/mol. The second-order valence-corrected chi connectivity index (χ2v) is 7.98. The first-order chi connectivity index (χ1) is 15.2. The van der Waals surface area contributed by atoms with Crippen molar-refractivity contribution in [1.29, 1.82) is 0 Å². The fourth-order valence-corrected chi connectivity index (χ4v) is 4.25. The Kier molecular flexibility index (Phi) is 5.40. The highest BCUT2D eigenvalue weighted by molar-refractivity contribution is 5.61. The molecule has 5 rings (SSSR count). The molecule has 1 fully saturated rings. The molecule has 8 heteroatoms. The Hall–Kier alpha value is -3.23. The molecule has 0 saturated carbocycles. The number of aromatic nitrogens is 3. The average Bonchev–Trinajstić information content (AvgIpc) is 2.83. The minimum absolute atomic E-state index is 0.0183. The molecular formula is C23H26N6O2. The van der Waals surface area contributed by atoms with Crippen LogP contribution >= 0.6 is 0 Å². The molecule has 2 aliphatic heterocycles. The van der Waals surface area contributed by atoms with Crippen LogP contribution in [0.25, 0.3) is 11.4 Å². The predicted octanol–water partition coefficient (Wildman–Crippen LogP) is 1.58. The number of aliphatic hydroxyl groups excluding tert-OH is 1. The van der Waals surface area contributed by atoms with Crippen molar-refractivity contribution >= 4 is 11.9 Å². The lowest BCUT2D eigenvalue weighted by Gasteiger charge is -2.36. The van der Waals surface area contributed by atoms with E-state index in [-0.39, 0.29) is 18.4 Å². The van der Waals surface area contributed by atoms with Crippen LogP contribution in [-0.4, -0.2) is 64.0 Å². The maximum Gasteiger partial charge on any atom is 0.231 e. The standard InChI is InChI=1S/C23H26N6O2/c30-15-19-12-16-4-1-2-5-18(16)14-29(19)23-26-21(17-6-3-7-20(31)13-17)25-22(27-23)28-10-8-24-9-11-28/h1-7,13,19,24,30-31H,8-12,14-15H2/t19-/m1/s1. The van der Waals surface area contributed by atoms with Crippen molar-refractivity contribution in [2.45, 2.75) is 19.0 Å². The summed E-state index contributed by atoms with van der Waals surface area (Å²) in [5.41, 5.74) is 3.20. The zero-order valence-corrected chi connectivity index (χ0v) is 17.3. The van der Waals surface area contributed by atoms with Crippen LogP contribution in [0.1, 0.15) is 11.1 Å². The summed E-state index contributed by atoms with van der Waals surface area (Å²) in [6.07, 6.45) is 0.739. The van der Waals surface area contributed by atoms with Gasteiger partial charge < -0.3 is 25.3 Å². The molecule has 3 aromatic rings. The number of hydrogen-bond acceptors (Lipinski definition) is 8. The lowest BCUT2D eigenvalue weighted by Crippen LogP contribution is -2.46. The van der Waals surface area contributed by atoms with E-state index in [4.69, 9.17) is 15.0 Å². The summed E-state index contributed by atoms with van der Waals surface area (Å²) in [5, 5.41) is 23.4. The number of aromatic hydroxyl groups is 1. The normalized spacial score (nSPS) is 18.7. The molecule has 0 aliphatic carbocycles. The Morgan fingerprint density at radius 2 is 1.71 bits per heavy atom. The minimum atomic E-state index is -0.106. The fraction of sp³-hybridized carbons (Fsp3) is 0.348. The van der Waals surface area contributed by atoms with Crippen LogP contribution in [0, 0.1) is 0 Å². The summed E-state index contributed by atoms with van der Waals surface area (Å²) < 4.78 is 0. The number of phenols is 1. The average molecular weight is 419 g/mol. The lowest BCUT2D eigenvalue weighted by atomic mass is 9.94. The van der Waals surface area contributed by atoms with Gasteiger partial charge >= 0.3 is 0 Å². The van der Waals surface area contributed by atoms with Crippen molar-refractivity contribution in [3.05, 3.63) is 59.7 Å². The highest BCUT2D eigenvalue weighted by Crippen LogP contribution is 2.29. The van der Waals surface area contributed by atoms with Gasteiger partial charge in [0.15, 0.2) is 5.82 Å². The number of aliphatic hydroxyl groups is 1. The Balaban J connectivity index is 1.59. The molecule has 0 bridgehead atoms. The van der Waals surface area contributed by atoms with E-state index in [1.54, 1.807) is 18.2 Å². The van der Waals surface area contributed by atoms with E-state index in [9.17, 15) is 10.2 Å². The van der Waals surface area contributed by atoms with Crippen molar-refractivity contribution in [3.63, 3.8) is 0 Å². The Labute approximate surface area is 181 Å². The van der Waals surface area contributed by atoms with Crippen molar-refractivity contribution < 1.29 is 10.2 Å². The van der Waals surface area contributed by atoms with Gasteiger partial charge in [-0.3, -0.25) is 0 Å². The molecule has 3 heterocycles. The molecule has 2 aromatic carbocycles. The van der Waals surface area contributed by atoms with Crippen LogP contribution < -0.4 is 15.1 Å². The van der Waals surface area contributed by atoms with Gasteiger partial charge in [-0.05, 0) is 29.7 Å². The Bertz CT molecular complexity index is 1070. The van der Waals surface area contributed by atoms with Gasteiger partial charge in [0.1, 0.15) is 5.75 Å². The van der Waals surface area contributed by atoms with E-state index in [2.05, 4.69) is 27.2 Å². The summed E-state index contributed by atoms with van der Waals surface area (Å²) in [7, 11) is 0. The van der Waals surface area contributed by atoms with E-state index in [0.717, 1.165) is 38.2 Å². The van der Waals surface area contributed by atoms with Crippen LogP contribution in [0.5, 0.6) is 5.75 Å². The van der Waals surface area contributed by atoms with Crippen LogP contribution in [0.2, 0.25) is 0 Å². The monoisotopic (exact) mass is 418 g/mol. The molecule has 160 valence electrons. The third-order valence-corrected chi connectivity index (χ3v) is 5.94. The SMILES string of the molecule is OC[C@H]1Cc2ccccc2CN1c1nc(-c2cccc(O)c2)nc(N2CCNCC2)n1. The first-order valence-electron chi connectivity index (χ1n) is 10.7. The van der Waals surface area contributed by atoms with Gasteiger partial charge in [-0.1, -0.05) is 36.4 Å². The predicted molar refractivity (Wildman–Crippen MR) is 119 cm³/mol. The van der Waals surface area contributed by atoms with Gasteiger partial charge in [-0.2, -0.15) is 15.0 Å². The number of nitrogens with zero attached hydrogens (tertiary/aromatic N) is 5. The summed E-state index contributed by atoms with van der Waals surface area (Å²) in [6, 6.07) is 15.2. The molecule has 0 spiro atoms.